The highest BCUT2D eigenvalue weighted by atomic mass is 16.2. The van der Waals surface area contributed by atoms with E-state index in [0.717, 1.165) is 19.5 Å². The van der Waals surface area contributed by atoms with Crippen LogP contribution in [0.4, 0.5) is 0 Å². The summed E-state index contributed by atoms with van der Waals surface area (Å²) in [7, 11) is 0. The predicted molar refractivity (Wildman–Crippen MR) is 49.8 cm³/mol. The van der Waals surface area contributed by atoms with Gasteiger partial charge in [-0.15, -0.1) is 0 Å². The first kappa shape index (κ1) is 9.56. The average Bonchev–Trinajstić information content (AvgIpc) is 2.28. The summed E-state index contributed by atoms with van der Waals surface area (Å²) in [6, 6.07) is 0. The summed E-state index contributed by atoms with van der Waals surface area (Å²) < 4.78 is 0. The lowest BCUT2D eigenvalue weighted by Crippen LogP contribution is -2.33. The van der Waals surface area contributed by atoms with Gasteiger partial charge in [0.2, 0.25) is 5.91 Å². The molecular formula is C10H19NO. The third-order valence-electron chi connectivity index (χ3n) is 2.48. The highest BCUT2D eigenvalue weighted by Gasteiger charge is 2.32. The van der Waals surface area contributed by atoms with Crippen LogP contribution in [0.25, 0.3) is 0 Å². The largest absolute Gasteiger partial charge is 0.342 e. The van der Waals surface area contributed by atoms with Crippen molar-refractivity contribution in [1.82, 2.24) is 4.90 Å². The molecule has 1 heterocycles. The molecular weight excluding hydrogens is 150 g/mol. The van der Waals surface area contributed by atoms with Gasteiger partial charge in [-0.05, 0) is 11.8 Å². The quantitative estimate of drug-likeness (QED) is 0.587. The number of rotatable bonds is 1. The lowest BCUT2D eigenvalue weighted by molar-refractivity contribution is -0.133. The van der Waals surface area contributed by atoms with Gasteiger partial charge in [-0.25, -0.2) is 0 Å². The minimum absolute atomic E-state index is 0.152. The lowest BCUT2D eigenvalue weighted by atomic mass is 9.93. The molecule has 1 saturated heterocycles. The van der Waals surface area contributed by atoms with Gasteiger partial charge in [-0.2, -0.15) is 0 Å². The third kappa shape index (κ3) is 1.99. The zero-order valence-electron chi connectivity index (χ0n) is 8.55. The van der Waals surface area contributed by atoms with Gasteiger partial charge >= 0.3 is 0 Å². The van der Waals surface area contributed by atoms with Crippen LogP contribution in [-0.2, 0) is 4.79 Å². The smallest absolute Gasteiger partial charge is 0.225 e. The van der Waals surface area contributed by atoms with Crippen molar-refractivity contribution in [3.05, 3.63) is 0 Å². The second-order valence-corrected chi connectivity index (χ2v) is 4.83. The van der Waals surface area contributed by atoms with Gasteiger partial charge in [0.25, 0.3) is 0 Å². The summed E-state index contributed by atoms with van der Waals surface area (Å²) in [5, 5.41) is 0. The predicted octanol–water partition coefficient (Wildman–Crippen LogP) is 1.90. The molecule has 0 spiro atoms. The van der Waals surface area contributed by atoms with Crippen molar-refractivity contribution < 1.29 is 4.79 Å². The Bertz CT molecular complexity index is 184. The molecule has 0 unspecified atom stereocenters. The van der Waals surface area contributed by atoms with Crippen LogP contribution in [0.2, 0.25) is 0 Å². The van der Waals surface area contributed by atoms with Crippen molar-refractivity contribution in [2.45, 2.75) is 34.1 Å². The van der Waals surface area contributed by atoms with E-state index in [1.54, 1.807) is 0 Å². The molecule has 2 nitrogen and oxygen atoms in total. The van der Waals surface area contributed by atoms with Crippen LogP contribution in [0.3, 0.4) is 0 Å². The second-order valence-electron chi connectivity index (χ2n) is 4.83. The maximum Gasteiger partial charge on any atom is 0.225 e. The maximum atomic E-state index is 11.6. The van der Waals surface area contributed by atoms with E-state index in [-0.39, 0.29) is 5.92 Å². The summed E-state index contributed by atoms with van der Waals surface area (Å²) in [6.45, 7) is 10.3. The zero-order chi connectivity index (χ0) is 9.35. The van der Waals surface area contributed by atoms with Crippen molar-refractivity contribution in [3.8, 4) is 0 Å². The first-order valence-corrected chi connectivity index (χ1v) is 4.71. The Balaban J connectivity index is 2.53. The van der Waals surface area contributed by atoms with Crippen molar-refractivity contribution in [1.29, 1.82) is 0 Å². The van der Waals surface area contributed by atoms with E-state index in [4.69, 9.17) is 0 Å². The molecule has 0 aromatic heterocycles. The third-order valence-corrected chi connectivity index (χ3v) is 2.48. The van der Waals surface area contributed by atoms with E-state index in [1.165, 1.54) is 0 Å². The molecule has 1 amide bonds. The maximum absolute atomic E-state index is 11.6. The van der Waals surface area contributed by atoms with Crippen LogP contribution < -0.4 is 0 Å². The molecule has 70 valence electrons. The van der Waals surface area contributed by atoms with E-state index < -0.39 is 0 Å². The minimum Gasteiger partial charge on any atom is -0.342 e. The molecule has 1 fully saturated rings. The Morgan fingerprint density at radius 1 is 1.42 bits per heavy atom. The van der Waals surface area contributed by atoms with Gasteiger partial charge in [0, 0.05) is 19.0 Å². The Kier molecular flexibility index (Phi) is 2.45. The fraction of sp³-hybridized carbons (Fsp3) is 0.900. The lowest BCUT2D eigenvalue weighted by Gasteiger charge is -2.21. The van der Waals surface area contributed by atoms with E-state index in [9.17, 15) is 4.79 Å². The van der Waals surface area contributed by atoms with Gasteiger partial charge < -0.3 is 4.90 Å². The number of likely N-dealkylation sites (tertiary alicyclic amines) is 1. The van der Waals surface area contributed by atoms with E-state index in [2.05, 4.69) is 13.8 Å². The van der Waals surface area contributed by atoms with Gasteiger partial charge in [0.1, 0.15) is 0 Å². The zero-order valence-corrected chi connectivity index (χ0v) is 8.55. The molecule has 0 aromatic rings. The Hall–Kier alpha value is -0.530. The molecule has 2 heteroatoms. The SMILES string of the molecule is CC(C)C(=O)N1CCC(C)(C)C1. The first-order chi connectivity index (χ1) is 5.42. The molecule has 0 aliphatic carbocycles. The van der Waals surface area contributed by atoms with Crippen molar-refractivity contribution in [3.63, 3.8) is 0 Å². The van der Waals surface area contributed by atoms with E-state index in [1.807, 2.05) is 18.7 Å². The summed E-state index contributed by atoms with van der Waals surface area (Å²) in [6.07, 6.45) is 1.14. The molecule has 12 heavy (non-hydrogen) atoms. The Morgan fingerprint density at radius 3 is 2.33 bits per heavy atom. The van der Waals surface area contributed by atoms with Crippen molar-refractivity contribution in [2.24, 2.45) is 11.3 Å². The monoisotopic (exact) mass is 169 g/mol. The number of carbonyl (C=O) groups is 1. The van der Waals surface area contributed by atoms with E-state index in [0.29, 0.717) is 11.3 Å². The molecule has 1 rings (SSSR count). The highest BCUT2D eigenvalue weighted by Crippen LogP contribution is 2.29. The second kappa shape index (κ2) is 3.08. The number of amides is 1. The van der Waals surface area contributed by atoms with Crippen molar-refractivity contribution >= 4 is 5.91 Å². The molecule has 1 aliphatic rings. The fourth-order valence-corrected chi connectivity index (χ4v) is 1.67. The normalized spacial score (nSPS) is 21.9. The Morgan fingerprint density at radius 2 is 2.00 bits per heavy atom. The number of hydrogen-bond donors (Lipinski definition) is 0. The van der Waals surface area contributed by atoms with E-state index >= 15 is 0 Å². The van der Waals surface area contributed by atoms with Gasteiger partial charge in [-0.1, -0.05) is 27.7 Å². The fourth-order valence-electron chi connectivity index (χ4n) is 1.67. The highest BCUT2D eigenvalue weighted by molar-refractivity contribution is 5.78. The van der Waals surface area contributed by atoms with Crippen LogP contribution in [0.1, 0.15) is 34.1 Å². The van der Waals surface area contributed by atoms with Crippen LogP contribution in [0, 0.1) is 11.3 Å². The number of nitrogens with zero attached hydrogens (tertiary/aromatic N) is 1. The van der Waals surface area contributed by atoms with Crippen LogP contribution in [0.15, 0.2) is 0 Å². The van der Waals surface area contributed by atoms with Crippen LogP contribution in [0.5, 0.6) is 0 Å². The van der Waals surface area contributed by atoms with Crippen molar-refractivity contribution in [2.75, 3.05) is 13.1 Å². The molecule has 1 aliphatic heterocycles. The molecule has 0 N–H and O–H groups in total. The first-order valence-electron chi connectivity index (χ1n) is 4.71. The number of hydrogen-bond acceptors (Lipinski definition) is 1. The minimum atomic E-state index is 0.152. The molecule has 0 atom stereocenters. The van der Waals surface area contributed by atoms with Gasteiger partial charge in [-0.3, -0.25) is 4.79 Å². The van der Waals surface area contributed by atoms with Gasteiger partial charge in [0.15, 0.2) is 0 Å². The average molecular weight is 169 g/mol. The molecule has 0 bridgehead atoms. The summed E-state index contributed by atoms with van der Waals surface area (Å²) in [4.78, 5) is 13.5. The Labute approximate surface area is 74.9 Å². The summed E-state index contributed by atoms with van der Waals surface area (Å²) in [5.74, 6) is 0.458. The molecule has 0 saturated carbocycles. The standard InChI is InChI=1S/C10H19NO/c1-8(2)9(12)11-6-5-10(3,4)7-11/h8H,5-7H2,1-4H3. The molecule has 0 aromatic carbocycles. The van der Waals surface area contributed by atoms with Crippen LogP contribution in [-0.4, -0.2) is 23.9 Å². The van der Waals surface area contributed by atoms with Crippen LogP contribution >= 0.6 is 0 Å². The number of carbonyl (C=O) groups excluding carboxylic acids is 1. The molecule has 0 radical (unpaired) electrons. The summed E-state index contributed by atoms with van der Waals surface area (Å²) in [5.41, 5.74) is 0.338. The van der Waals surface area contributed by atoms with Gasteiger partial charge in [0.05, 0.1) is 0 Å². The topological polar surface area (TPSA) is 20.3 Å². The summed E-state index contributed by atoms with van der Waals surface area (Å²) >= 11 is 0.